The number of carbonyl (C=O) groups is 1. The highest BCUT2D eigenvalue weighted by Gasteiger charge is 2.27. The fourth-order valence-electron chi connectivity index (χ4n) is 2.48. The number of hydrogen-bond donors (Lipinski definition) is 2. The molecule has 0 radical (unpaired) electrons. The summed E-state index contributed by atoms with van der Waals surface area (Å²) in [5, 5.41) is 3.46. The van der Waals surface area contributed by atoms with Gasteiger partial charge in [-0.2, -0.15) is 0 Å². The summed E-state index contributed by atoms with van der Waals surface area (Å²) in [7, 11) is 1.42. The first-order valence-corrected chi connectivity index (χ1v) is 6.37. The standard InChI is InChI=1S/C14H20N2O2/c1-18-14(17)7-4-8-16-13-9-12(15)10-5-2-3-6-11(10)13/h2-3,5-6,12-13,16H,4,7-9,15H2,1H3. The van der Waals surface area contributed by atoms with Gasteiger partial charge in [0.25, 0.3) is 0 Å². The number of hydrogen-bond acceptors (Lipinski definition) is 4. The highest BCUT2D eigenvalue weighted by molar-refractivity contribution is 5.69. The fraction of sp³-hybridized carbons (Fsp3) is 0.500. The number of nitrogens with one attached hydrogen (secondary N) is 1. The predicted molar refractivity (Wildman–Crippen MR) is 70.0 cm³/mol. The van der Waals surface area contributed by atoms with E-state index < -0.39 is 0 Å². The van der Waals surface area contributed by atoms with Crippen molar-refractivity contribution >= 4 is 5.97 Å². The molecule has 2 unspecified atom stereocenters. The number of carbonyl (C=O) groups excluding carboxylic acids is 1. The van der Waals surface area contributed by atoms with Crippen molar-refractivity contribution in [3.8, 4) is 0 Å². The molecule has 0 heterocycles. The van der Waals surface area contributed by atoms with Crippen LogP contribution in [0.15, 0.2) is 24.3 Å². The van der Waals surface area contributed by atoms with E-state index in [1.54, 1.807) is 0 Å². The summed E-state index contributed by atoms with van der Waals surface area (Å²) in [5.41, 5.74) is 8.63. The van der Waals surface area contributed by atoms with Crippen LogP contribution in [0.4, 0.5) is 0 Å². The summed E-state index contributed by atoms with van der Waals surface area (Å²) in [5.74, 6) is -0.152. The Bertz CT molecular complexity index is 420. The lowest BCUT2D eigenvalue weighted by atomic mass is 10.1. The molecular formula is C14H20N2O2. The number of fused-ring (bicyclic) bond motifs is 1. The molecule has 0 saturated carbocycles. The zero-order valence-corrected chi connectivity index (χ0v) is 10.7. The Kier molecular flexibility index (Phi) is 4.33. The van der Waals surface area contributed by atoms with Crippen molar-refractivity contribution < 1.29 is 9.53 Å². The Labute approximate surface area is 108 Å². The lowest BCUT2D eigenvalue weighted by Gasteiger charge is -2.13. The third-order valence-electron chi connectivity index (χ3n) is 3.44. The second-order valence-corrected chi connectivity index (χ2v) is 4.66. The van der Waals surface area contributed by atoms with E-state index in [2.05, 4.69) is 22.2 Å². The minimum atomic E-state index is -0.152. The Morgan fingerprint density at radius 2 is 2.17 bits per heavy atom. The van der Waals surface area contributed by atoms with Crippen molar-refractivity contribution in [1.29, 1.82) is 0 Å². The molecule has 1 aromatic rings. The highest BCUT2D eigenvalue weighted by Crippen LogP contribution is 2.36. The van der Waals surface area contributed by atoms with Gasteiger partial charge in [-0.1, -0.05) is 24.3 Å². The summed E-state index contributed by atoms with van der Waals surface area (Å²) in [6.07, 6.45) is 2.18. The molecule has 98 valence electrons. The minimum absolute atomic E-state index is 0.124. The summed E-state index contributed by atoms with van der Waals surface area (Å²) >= 11 is 0. The monoisotopic (exact) mass is 248 g/mol. The van der Waals surface area contributed by atoms with Crippen molar-refractivity contribution in [3.05, 3.63) is 35.4 Å². The average molecular weight is 248 g/mol. The van der Waals surface area contributed by atoms with Crippen molar-refractivity contribution in [1.82, 2.24) is 5.32 Å². The van der Waals surface area contributed by atoms with E-state index in [1.807, 2.05) is 12.1 Å². The normalized spacial score (nSPS) is 21.7. The molecule has 0 spiro atoms. The predicted octanol–water partition coefficient (Wildman–Crippen LogP) is 1.67. The Morgan fingerprint density at radius 3 is 2.89 bits per heavy atom. The molecule has 0 aromatic heterocycles. The van der Waals surface area contributed by atoms with E-state index in [9.17, 15) is 4.79 Å². The van der Waals surface area contributed by atoms with Gasteiger partial charge in [-0.05, 0) is 30.5 Å². The molecule has 0 amide bonds. The molecule has 2 atom stereocenters. The topological polar surface area (TPSA) is 64.3 Å². The maximum atomic E-state index is 11.0. The van der Waals surface area contributed by atoms with Crippen LogP contribution in [-0.4, -0.2) is 19.6 Å². The number of esters is 1. The molecule has 1 aromatic carbocycles. The first kappa shape index (κ1) is 13.1. The molecule has 2 rings (SSSR count). The zero-order valence-electron chi connectivity index (χ0n) is 10.7. The van der Waals surface area contributed by atoms with Gasteiger partial charge in [-0.3, -0.25) is 4.79 Å². The molecular weight excluding hydrogens is 228 g/mol. The lowest BCUT2D eigenvalue weighted by molar-refractivity contribution is -0.140. The largest absolute Gasteiger partial charge is 0.469 e. The van der Waals surface area contributed by atoms with Crippen LogP contribution >= 0.6 is 0 Å². The molecule has 4 nitrogen and oxygen atoms in total. The molecule has 3 N–H and O–H groups in total. The van der Waals surface area contributed by atoms with Crippen LogP contribution in [0, 0.1) is 0 Å². The van der Waals surface area contributed by atoms with Gasteiger partial charge in [-0.15, -0.1) is 0 Å². The molecule has 1 aliphatic rings. The van der Waals surface area contributed by atoms with Crippen LogP contribution in [0.5, 0.6) is 0 Å². The van der Waals surface area contributed by atoms with E-state index in [1.165, 1.54) is 18.2 Å². The lowest BCUT2D eigenvalue weighted by Crippen LogP contribution is -2.22. The van der Waals surface area contributed by atoms with Crippen LogP contribution in [0.2, 0.25) is 0 Å². The summed E-state index contributed by atoms with van der Waals surface area (Å²) < 4.78 is 4.61. The molecule has 18 heavy (non-hydrogen) atoms. The Hall–Kier alpha value is -1.39. The molecule has 0 bridgehead atoms. The van der Waals surface area contributed by atoms with Gasteiger partial charge < -0.3 is 15.8 Å². The second kappa shape index (κ2) is 5.98. The Balaban J connectivity index is 1.83. The summed E-state index contributed by atoms with van der Waals surface area (Å²) in [6, 6.07) is 8.72. The van der Waals surface area contributed by atoms with E-state index in [0.717, 1.165) is 19.4 Å². The van der Waals surface area contributed by atoms with Crippen LogP contribution in [0.3, 0.4) is 0 Å². The van der Waals surface area contributed by atoms with Gasteiger partial charge in [0.1, 0.15) is 0 Å². The van der Waals surface area contributed by atoms with Gasteiger partial charge >= 0.3 is 5.97 Å². The second-order valence-electron chi connectivity index (χ2n) is 4.66. The van der Waals surface area contributed by atoms with Gasteiger partial charge in [0, 0.05) is 18.5 Å². The van der Waals surface area contributed by atoms with Crippen LogP contribution in [0.25, 0.3) is 0 Å². The molecule has 0 saturated heterocycles. The third kappa shape index (κ3) is 2.89. The van der Waals surface area contributed by atoms with Crippen LogP contribution in [-0.2, 0) is 9.53 Å². The van der Waals surface area contributed by atoms with Crippen LogP contribution in [0.1, 0.15) is 42.5 Å². The van der Waals surface area contributed by atoms with Crippen LogP contribution < -0.4 is 11.1 Å². The number of nitrogens with two attached hydrogens (primary N) is 1. The van der Waals surface area contributed by atoms with E-state index in [0.29, 0.717) is 12.5 Å². The van der Waals surface area contributed by atoms with Crippen molar-refractivity contribution in [2.45, 2.75) is 31.3 Å². The number of benzene rings is 1. The Morgan fingerprint density at radius 1 is 1.44 bits per heavy atom. The van der Waals surface area contributed by atoms with Crippen molar-refractivity contribution in [3.63, 3.8) is 0 Å². The maximum absolute atomic E-state index is 11.0. The van der Waals surface area contributed by atoms with Gasteiger partial charge in [0.05, 0.1) is 7.11 Å². The van der Waals surface area contributed by atoms with Gasteiger partial charge in [0.2, 0.25) is 0 Å². The quantitative estimate of drug-likeness (QED) is 0.614. The first-order valence-electron chi connectivity index (χ1n) is 6.37. The molecule has 1 aliphatic carbocycles. The highest BCUT2D eigenvalue weighted by atomic mass is 16.5. The van der Waals surface area contributed by atoms with Gasteiger partial charge in [-0.25, -0.2) is 0 Å². The first-order chi connectivity index (χ1) is 8.72. The zero-order chi connectivity index (χ0) is 13.0. The third-order valence-corrected chi connectivity index (χ3v) is 3.44. The van der Waals surface area contributed by atoms with E-state index in [4.69, 9.17) is 5.73 Å². The maximum Gasteiger partial charge on any atom is 0.305 e. The molecule has 0 fully saturated rings. The summed E-state index contributed by atoms with van der Waals surface area (Å²) in [6.45, 7) is 0.806. The molecule has 4 heteroatoms. The number of ether oxygens (including phenoxy) is 1. The smallest absolute Gasteiger partial charge is 0.305 e. The van der Waals surface area contributed by atoms with Crippen molar-refractivity contribution in [2.75, 3.05) is 13.7 Å². The summed E-state index contributed by atoms with van der Waals surface area (Å²) in [4.78, 5) is 11.0. The SMILES string of the molecule is COC(=O)CCCNC1CC(N)c2ccccc21. The minimum Gasteiger partial charge on any atom is -0.469 e. The van der Waals surface area contributed by atoms with Crippen molar-refractivity contribution in [2.24, 2.45) is 5.73 Å². The average Bonchev–Trinajstić information content (AvgIpc) is 2.72. The number of methoxy groups -OCH3 is 1. The molecule has 0 aliphatic heterocycles. The van der Waals surface area contributed by atoms with E-state index >= 15 is 0 Å². The van der Waals surface area contributed by atoms with Gasteiger partial charge in [0.15, 0.2) is 0 Å². The fourth-order valence-corrected chi connectivity index (χ4v) is 2.48. The number of rotatable bonds is 5. The van der Waals surface area contributed by atoms with E-state index in [-0.39, 0.29) is 12.0 Å².